The van der Waals surface area contributed by atoms with Gasteiger partial charge in [0.05, 0.1) is 10.6 Å². The van der Waals surface area contributed by atoms with E-state index < -0.39 is 10.7 Å². The van der Waals surface area contributed by atoms with Gasteiger partial charge in [0.25, 0.3) is 5.69 Å². The van der Waals surface area contributed by atoms with Crippen LogP contribution >= 0.6 is 12.8 Å². The highest BCUT2D eigenvalue weighted by Crippen LogP contribution is 2.17. The molecule has 4 nitrogen and oxygen atoms in total. The summed E-state index contributed by atoms with van der Waals surface area (Å²) in [4.78, 5) is 9.81. The van der Waals surface area contributed by atoms with E-state index in [0.29, 0.717) is 5.71 Å². The number of non-ortho nitro benzene ring substituents is 1. The molecule has 0 amide bonds. The third-order valence-corrected chi connectivity index (χ3v) is 2.00. The normalized spacial score (nSPS) is 11.5. The number of nitro groups is 1. The minimum absolute atomic E-state index is 0.0919. The second kappa shape index (κ2) is 4.19. The van der Waals surface area contributed by atoms with Crippen molar-refractivity contribution in [1.82, 2.24) is 0 Å². The molecule has 0 radical (unpaired) electrons. The number of hydrogen-bond acceptors (Lipinski definition) is 4. The molecule has 6 heteroatoms. The second-order valence-electron chi connectivity index (χ2n) is 2.61. The predicted octanol–water partition coefficient (Wildman–Crippen LogP) is 2.39. The molecule has 0 heterocycles. The predicted molar refractivity (Wildman–Crippen MR) is 54.3 cm³/mol. The summed E-state index contributed by atoms with van der Waals surface area (Å²) in [5.41, 5.74) is 0.224. The second-order valence-corrected chi connectivity index (χ2v) is 2.81. The first-order chi connectivity index (χ1) is 6.56. The van der Waals surface area contributed by atoms with Gasteiger partial charge in [0.2, 0.25) is 0 Å². The topological polar surface area (TPSA) is 55.5 Å². The standard InChI is InChI=1S/C8H7FN2O2S/c1-5(10-14)7-4-6(11(12)13)2-3-8(7)9/h2-4,14H,1H3/b10-5+. The van der Waals surface area contributed by atoms with E-state index in [0.717, 1.165) is 18.2 Å². The van der Waals surface area contributed by atoms with E-state index in [1.165, 1.54) is 6.92 Å². The van der Waals surface area contributed by atoms with Crippen LogP contribution in [0.25, 0.3) is 0 Å². The molecule has 0 saturated heterocycles. The molecular formula is C8H7FN2O2S. The monoisotopic (exact) mass is 214 g/mol. The Balaban J connectivity index is 3.28. The summed E-state index contributed by atoms with van der Waals surface area (Å²) in [6.07, 6.45) is 0. The van der Waals surface area contributed by atoms with Gasteiger partial charge >= 0.3 is 0 Å². The van der Waals surface area contributed by atoms with E-state index in [-0.39, 0.29) is 11.3 Å². The van der Waals surface area contributed by atoms with Gasteiger partial charge in [-0.15, -0.1) is 0 Å². The average Bonchev–Trinajstić information content (AvgIpc) is 2.17. The van der Waals surface area contributed by atoms with Crippen LogP contribution in [0, 0.1) is 15.9 Å². The molecule has 0 saturated carbocycles. The van der Waals surface area contributed by atoms with Crippen molar-refractivity contribution in [3.63, 3.8) is 0 Å². The Labute approximate surface area is 85.2 Å². The Hall–Kier alpha value is -1.43. The van der Waals surface area contributed by atoms with Crippen molar-refractivity contribution in [2.75, 3.05) is 0 Å². The number of hydrogen-bond donors (Lipinski definition) is 1. The molecule has 0 aliphatic carbocycles. The molecule has 1 rings (SSSR count). The van der Waals surface area contributed by atoms with Gasteiger partial charge in [0, 0.05) is 17.7 Å². The van der Waals surface area contributed by atoms with E-state index >= 15 is 0 Å². The van der Waals surface area contributed by atoms with Crippen molar-refractivity contribution in [3.05, 3.63) is 39.7 Å². The molecule has 0 unspecified atom stereocenters. The number of nitrogens with zero attached hydrogens (tertiary/aromatic N) is 2. The first-order valence-electron chi connectivity index (χ1n) is 3.69. The lowest BCUT2D eigenvalue weighted by Crippen LogP contribution is -1.99. The zero-order chi connectivity index (χ0) is 10.7. The third-order valence-electron chi connectivity index (χ3n) is 1.70. The summed E-state index contributed by atoms with van der Waals surface area (Å²) in [6.45, 7) is 1.52. The summed E-state index contributed by atoms with van der Waals surface area (Å²) in [5.74, 6) is -0.550. The molecule has 0 aliphatic rings. The van der Waals surface area contributed by atoms with Gasteiger partial charge in [-0.3, -0.25) is 10.1 Å². The first-order valence-corrected chi connectivity index (χ1v) is 4.09. The molecule has 0 atom stereocenters. The highest BCUT2D eigenvalue weighted by atomic mass is 32.1. The number of thiol groups is 1. The largest absolute Gasteiger partial charge is 0.270 e. The number of rotatable bonds is 2. The molecule has 0 aliphatic heterocycles. The quantitative estimate of drug-likeness (QED) is 0.355. The van der Waals surface area contributed by atoms with Crippen LogP contribution in [0.15, 0.2) is 22.6 Å². The summed E-state index contributed by atoms with van der Waals surface area (Å²) >= 11 is 3.61. The van der Waals surface area contributed by atoms with Gasteiger partial charge in [-0.25, -0.2) is 8.79 Å². The molecule has 0 spiro atoms. The SMILES string of the molecule is C/C(=N\S)c1cc([N+](=O)[O-])ccc1F. The number of nitro benzene ring substituents is 1. The van der Waals surface area contributed by atoms with Crippen LogP contribution in [0.1, 0.15) is 12.5 Å². The molecule has 74 valence electrons. The van der Waals surface area contributed by atoms with Gasteiger partial charge in [-0.1, -0.05) is 0 Å². The fourth-order valence-electron chi connectivity index (χ4n) is 0.958. The summed E-state index contributed by atoms with van der Waals surface area (Å²) in [5, 5.41) is 10.4. The number of halogens is 1. The van der Waals surface area contributed by atoms with Gasteiger partial charge in [-0.05, 0) is 25.8 Å². The van der Waals surface area contributed by atoms with Gasteiger partial charge < -0.3 is 0 Å². The van der Waals surface area contributed by atoms with Gasteiger partial charge in [0.1, 0.15) is 5.82 Å². The van der Waals surface area contributed by atoms with E-state index in [2.05, 4.69) is 17.2 Å². The van der Waals surface area contributed by atoms with E-state index in [4.69, 9.17) is 0 Å². The highest BCUT2D eigenvalue weighted by Gasteiger charge is 2.12. The molecule has 1 aromatic carbocycles. The lowest BCUT2D eigenvalue weighted by Gasteiger charge is -2.00. The van der Waals surface area contributed by atoms with Crippen molar-refractivity contribution >= 4 is 24.2 Å². The van der Waals surface area contributed by atoms with E-state index in [9.17, 15) is 14.5 Å². The maximum Gasteiger partial charge on any atom is 0.270 e. The summed E-state index contributed by atoms with van der Waals surface area (Å²) in [6, 6.07) is 3.27. The fourth-order valence-corrected chi connectivity index (χ4v) is 1.07. The smallest absolute Gasteiger partial charge is 0.258 e. The van der Waals surface area contributed by atoms with Crippen molar-refractivity contribution in [2.45, 2.75) is 6.92 Å². The lowest BCUT2D eigenvalue weighted by molar-refractivity contribution is -0.384. The van der Waals surface area contributed by atoms with Crippen LogP contribution in [0.3, 0.4) is 0 Å². The Bertz CT molecular complexity index is 406. The highest BCUT2D eigenvalue weighted by molar-refractivity contribution is 7.79. The van der Waals surface area contributed by atoms with Crippen molar-refractivity contribution in [1.29, 1.82) is 0 Å². The first kappa shape index (κ1) is 10.6. The minimum atomic E-state index is -0.589. The Morgan fingerprint density at radius 3 is 2.79 bits per heavy atom. The number of benzene rings is 1. The molecular weight excluding hydrogens is 207 g/mol. The minimum Gasteiger partial charge on any atom is -0.258 e. The molecule has 0 fully saturated rings. The molecule has 0 N–H and O–H groups in total. The average molecular weight is 214 g/mol. The third kappa shape index (κ3) is 2.08. The fraction of sp³-hybridized carbons (Fsp3) is 0.125. The lowest BCUT2D eigenvalue weighted by atomic mass is 10.1. The van der Waals surface area contributed by atoms with E-state index in [1.807, 2.05) is 0 Å². The zero-order valence-corrected chi connectivity index (χ0v) is 8.16. The van der Waals surface area contributed by atoms with Gasteiger partial charge in [0.15, 0.2) is 0 Å². The molecule has 0 bridgehead atoms. The van der Waals surface area contributed by atoms with Crippen LogP contribution in [0.5, 0.6) is 0 Å². The van der Waals surface area contributed by atoms with Crippen molar-refractivity contribution in [2.24, 2.45) is 4.40 Å². The maximum absolute atomic E-state index is 13.1. The van der Waals surface area contributed by atoms with Crippen LogP contribution in [-0.2, 0) is 0 Å². The van der Waals surface area contributed by atoms with Crippen LogP contribution in [-0.4, -0.2) is 10.6 Å². The summed E-state index contributed by atoms with van der Waals surface area (Å²) < 4.78 is 16.6. The summed E-state index contributed by atoms with van der Waals surface area (Å²) in [7, 11) is 0. The van der Waals surface area contributed by atoms with Crippen LogP contribution in [0.2, 0.25) is 0 Å². The van der Waals surface area contributed by atoms with Crippen molar-refractivity contribution in [3.8, 4) is 0 Å². The molecule has 0 aromatic heterocycles. The maximum atomic E-state index is 13.1. The van der Waals surface area contributed by atoms with E-state index in [1.54, 1.807) is 0 Å². The Morgan fingerprint density at radius 1 is 1.64 bits per heavy atom. The molecule has 14 heavy (non-hydrogen) atoms. The van der Waals surface area contributed by atoms with Gasteiger partial charge in [-0.2, -0.15) is 0 Å². The zero-order valence-electron chi connectivity index (χ0n) is 7.27. The Kier molecular flexibility index (Phi) is 3.19. The van der Waals surface area contributed by atoms with Crippen LogP contribution < -0.4 is 0 Å². The Morgan fingerprint density at radius 2 is 2.29 bits per heavy atom. The molecule has 1 aromatic rings. The van der Waals surface area contributed by atoms with Crippen molar-refractivity contribution < 1.29 is 9.31 Å². The van der Waals surface area contributed by atoms with Crippen LogP contribution in [0.4, 0.5) is 10.1 Å².